The third kappa shape index (κ3) is 2.87. The lowest BCUT2D eigenvalue weighted by Crippen LogP contribution is -1.98. The number of phenols is 1. The summed E-state index contributed by atoms with van der Waals surface area (Å²) in [7, 11) is 0. The van der Waals surface area contributed by atoms with Gasteiger partial charge in [-0.25, -0.2) is 4.98 Å². The molecule has 1 heterocycles. The molecule has 4 nitrogen and oxygen atoms in total. The molecule has 1 aromatic heterocycles. The lowest BCUT2D eigenvalue weighted by atomic mass is 10.1. The minimum absolute atomic E-state index is 0.177. The molecule has 2 rings (SSSR count). The van der Waals surface area contributed by atoms with Crippen molar-refractivity contribution in [2.75, 3.05) is 11.5 Å². The van der Waals surface area contributed by atoms with E-state index in [-0.39, 0.29) is 5.75 Å². The zero-order chi connectivity index (χ0) is 12.8. The number of phenolic OH excluding ortho intramolecular Hbond substituents is 1. The Hall–Kier alpha value is -2.23. The lowest BCUT2D eigenvalue weighted by Gasteiger charge is -2.07. The number of anilines is 2. The Labute approximate surface area is 101 Å². The van der Waals surface area contributed by atoms with Gasteiger partial charge in [-0.3, -0.25) is 0 Å². The van der Waals surface area contributed by atoms with Gasteiger partial charge in [0.25, 0.3) is 0 Å². The van der Waals surface area contributed by atoms with Gasteiger partial charge < -0.3 is 16.6 Å². The van der Waals surface area contributed by atoms with Gasteiger partial charge in [-0.15, -0.1) is 0 Å². The summed E-state index contributed by atoms with van der Waals surface area (Å²) in [5, 5.41) is 9.64. The number of rotatable bonds is 1. The molecule has 90 valence electrons. The third-order valence-electron chi connectivity index (χ3n) is 2.14. The van der Waals surface area contributed by atoms with Crippen LogP contribution in [0.15, 0.2) is 36.4 Å². The summed E-state index contributed by atoms with van der Waals surface area (Å²) in [6.07, 6.45) is 0. The summed E-state index contributed by atoms with van der Waals surface area (Å²) in [5.74, 6) is 0.860. The lowest BCUT2D eigenvalue weighted by molar-refractivity contribution is 0.477. The molecule has 0 saturated carbocycles. The van der Waals surface area contributed by atoms with Crippen LogP contribution in [0, 0.1) is 0 Å². The summed E-state index contributed by atoms with van der Waals surface area (Å²) in [6, 6.07) is 10.3. The highest BCUT2D eigenvalue weighted by molar-refractivity contribution is 5.78. The number of aromatic hydroxyl groups is 1. The van der Waals surface area contributed by atoms with E-state index >= 15 is 0 Å². The SMILES string of the molecule is CC.Nc1ccc(-c2ccccc2O)c(N)n1. The van der Waals surface area contributed by atoms with Crippen molar-refractivity contribution in [2.45, 2.75) is 13.8 Å². The van der Waals surface area contributed by atoms with E-state index in [9.17, 15) is 5.11 Å². The summed E-state index contributed by atoms with van der Waals surface area (Å²) in [4.78, 5) is 3.94. The van der Waals surface area contributed by atoms with Crippen LogP contribution in [0.25, 0.3) is 11.1 Å². The number of pyridine rings is 1. The molecule has 0 aliphatic heterocycles. The van der Waals surface area contributed by atoms with Gasteiger partial charge in [0, 0.05) is 11.1 Å². The Morgan fingerprint density at radius 3 is 2.18 bits per heavy atom. The molecule has 0 radical (unpaired) electrons. The molecular weight excluding hydrogens is 214 g/mol. The van der Waals surface area contributed by atoms with Crippen LogP contribution in [0.3, 0.4) is 0 Å². The highest BCUT2D eigenvalue weighted by atomic mass is 16.3. The highest BCUT2D eigenvalue weighted by Gasteiger charge is 2.07. The van der Waals surface area contributed by atoms with Gasteiger partial charge in [-0.1, -0.05) is 32.0 Å². The molecule has 0 spiro atoms. The standard InChI is InChI=1S/C11H11N3O.C2H6/c12-10-6-5-8(11(13)14-10)7-3-1-2-4-9(7)15;1-2/h1-6,15H,(H4,12,13,14);1-2H3. The molecule has 4 heteroatoms. The largest absolute Gasteiger partial charge is 0.507 e. The number of nitrogens with two attached hydrogens (primary N) is 2. The van der Waals surface area contributed by atoms with E-state index in [2.05, 4.69) is 4.98 Å². The normalized spacial score (nSPS) is 9.29. The molecule has 0 saturated heterocycles. The second-order valence-corrected chi connectivity index (χ2v) is 3.19. The van der Waals surface area contributed by atoms with Gasteiger partial charge >= 0.3 is 0 Å². The first-order valence-corrected chi connectivity index (χ1v) is 5.49. The Kier molecular flexibility index (Phi) is 4.34. The maximum atomic E-state index is 9.64. The van der Waals surface area contributed by atoms with Gasteiger partial charge in [0.15, 0.2) is 0 Å². The van der Waals surface area contributed by atoms with Crippen LogP contribution in [0.2, 0.25) is 0 Å². The molecular formula is C13H17N3O. The minimum Gasteiger partial charge on any atom is -0.507 e. The van der Waals surface area contributed by atoms with Crippen molar-refractivity contribution < 1.29 is 5.11 Å². The van der Waals surface area contributed by atoms with Gasteiger partial charge in [0.2, 0.25) is 0 Å². The van der Waals surface area contributed by atoms with E-state index in [1.165, 1.54) is 0 Å². The van der Waals surface area contributed by atoms with Crippen LogP contribution in [-0.2, 0) is 0 Å². The van der Waals surface area contributed by atoms with Crippen LogP contribution < -0.4 is 11.5 Å². The maximum Gasteiger partial charge on any atom is 0.133 e. The van der Waals surface area contributed by atoms with Crippen LogP contribution in [0.1, 0.15) is 13.8 Å². The number of benzene rings is 1. The van der Waals surface area contributed by atoms with E-state index in [1.54, 1.807) is 30.3 Å². The Morgan fingerprint density at radius 2 is 1.59 bits per heavy atom. The molecule has 0 aliphatic carbocycles. The molecule has 0 amide bonds. The third-order valence-corrected chi connectivity index (χ3v) is 2.14. The fraction of sp³-hybridized carbons (Fsp3) is 0.154. The number of hydrogen-bond acceptors (Lipinski definition) is 4. The summed E-state index contributed by atoms with van der Waals surface area (Å²) in [5.41, 5.74) is 12.5. The van der Waals surface area contributed by atoms with E-state index in [4.69, 9.17) is 11.5 Å². The average Bonchev–Trinajstić information content (AvgIpc) is 2.33. The van der Waals surface area contributed by atoms with Crippen molar-refractivity contribution in [3.63, 3.8) is 0 Å². The van der Waals surface area contributed by atoms with Crippen LogP contribution in [0.4, 0.5) is 11.6 Å². The first-order valence-electron chi connectivity index (χ1n) is 5.49. The van der Waals surface area contributed by atoms with Gasteiger partial charge in [0.1, 0.15) is 17.4 Å². The number of para-hydroxylation sites is 1. The predicted molar refractivity (Wildman–Crippen MR) is 71.5 cm³/mol. The fourth-order valence-electron chi connectivity index (χ4n) is 1.42. The van der Waals surface area contributed by atoms with Crippen molar-refractivity contribution >= 4 is 11.6 Å². The number of nitrogen functional groups attached to an aromatic ring is 2. The molecule has 17 heavy (non-hydrogen) atoms. The average molecular weight is 231 g/mol. The quantitative estimate of drug-likeness (QED) is 0.704. The van der Waals surface area contributed by atoms with Crippen molar-refractivity contribution in [2.24, 2.45) is 0 Å². The van der Waals surface area contributed by atoms with Gasteiger partial charge in [0.05, 0.1) is 0 Å². The maximum absolute atomic E-state index is 9.64. The molecule has 0 unspecified atom stereocenters. The second kappa shape index (κ2) is 5.75. The molecule has 0 fully saturated rings. The van der Waals surface area contributed by atoms with Crippen molar-refractivity contribution in [3.05, 3.63) is 36.4 Å². The highest BCUT2D eigenvalue weighted by Crippen LogP contribution is 2.31. The van der Waals surface area contributed by atoms with Crippen LogP contribution in [0.5, 0.6) is 5.75 Å². The van der Waals surface area contributed by atoms with E-state index in [0.717, 1.165) is 0 Å². The van der Waals surface area contributed by atoms with E-state index < -0.39 is 0 Å². The van der Waals surface area contributed by atoms with Crippen molar-refractivity contribution in [3.8, 4) is 16.9 Å². The predicted octanol–water partition coefficient (Wildman–Crippen LogP) is 2.64. The molecule has 0 bridgehead atoms. The monoisotopic (exact) mass is 231 g/mol. The molecule has 5 N–H and O–H groups in total. The minimum atomic E-state index is 0.177. The summed E-state index contributed by atoms with van der Waals surface area (Å²) >= 11 is 0. The van der Waals surface area contributed by atoms with Gasteiger partial charge in [-0.05, 0) is 18.2 Å². The first-order chi connectivity index (χ1) is 8.18. The topological polar surface area (TPSA) is 85.2 Å². The Bertz CT molecular complexity index is 498. The van der Waals surface area contributed by atoms with Crippen LogP contribution >= 0.6 is 0 Å². The van der Waals surface area contributed by atoms with E-state index in [0.29, 0.717) is 22.8 Å². The van der Waals surface area contributed by atoms with Crippen molar-refractivity contribution in [1.29, 1.82) is 0 Å². The molecule has 2 aromatic rings. The Morgan fingerprint density at radius 1 is 0.941 bits per heavy atom. The van der Waals surface area contributed by atoms with Gasteiger partial charge in [-0.2, -0.15) is 0 Å². The van der Waals surface area contributed by atoms with Crippen LogP contribution in [-0.4, -0.2) is 10.1 Å². The molecule has 1 aromatic carbocycles. The number of nitrogens with zero attached hydrogens (tertiary/aromatic N) is 1. The first kappa shape index (κ1) is 12.8. The molecule has 0 atom stereocenters. The second-order valence-electron chi connectivity index (χ2n) is 3.19. The van der Waals surface area contributed by atoms with Crippen molar-refractivity contribution in [1.82, 2.24) is 4.98 Å². The smallest absolute Gasteiger partial charge is 0.133 e. The van der Waals surface area contributed by atoms with E-state index in [1.807, 2.05) is 19.9 Å². The Balaban J connectivity index is 0.000000686. The summed E-state index contributed by atoms with van der Waals surface area (Å²) < 4.78 is 0. The number of hydrogen-bond donors (Lipinski definition) is 3. The fourth-order valence-corrected chi connectivity index (χ4v) is 1.42. The molecule has 0 aliphatic rings. The zero-order valence-electron chi connectivity index (χ0n) is 10.0. The number of aromatic nitrogens is 1. The zero-order valence-corrected chi connectivity index (χ0v) is 10.0. The summed E-state index contributed by atoms with van der Waals surface area (Å²) in [6.45, 7) is 4.00.